The number of anilines is 1. The van der Waals surface area contributed by atoms with Gasteiger partial charge in [0, 0.05) is 19.7 Å². The van der Waals surface area contributed by atoms with E-state index in [4.69, 9.17) is 10.5 Å². The number of rotatable bonds is 8. The highest BCUT2D eigenvalue weighted by atomic mass is 32.2. The Morgan fingerprint density at radius 2 is 1.95 bits per heavy atom. The molecule has 0 amide bonds. The first-order valence-corrected chi connectivity index (χ1v) is 8.38. The number of halogens is 1. The molecule has 1 aromatic rings. The molecule has 21 heavy (non-hydrogen) atoms. The van der Waals surface area contributed by atoms with Crippen molar-refractivity contribution in [2.75, 3.05) is 26.0 Å². The zero-order valence-electron chi connectivity index (χ0n) is 12.7. The number of sulfonamides is 1. The molecule has 120 valence electrons. The molecule has 0 saturated heterocycles. The molecule has 7 heteroatoms. The molecule has 5 nitrogen and oxygen atoms in total. The highest BCUT2D eigenvalue weighted by Crippen LogP contribution is 2.28. The van der Waals surface area contributed by atoms with Crippen LogP contribution in [0.4, 0.5) is 10.1 Å². The summed E-state index contributed by atoms with van der Waals surface area (Å²) in [5.41, 5.74) is 5.60. The van der Waals surface area contributed by atoms with Gasteiger partial charge >= 0.3 is 0 Å². The maximum atomic E-state index is 14.0. The van der Waals surface area contributed by atoms with E-state index < -0.39 is 20.7 Å². The Balaban J connectivity index is 3.33. The van der Waals surface area contributed by atoms with Gasteiger partial charge in [0.25, 0.3) is 0 Å². The molecule has 2 N–H and O–H groups in total. The largest absolute Gasteiger partial charge is 0.398 e. The fourth-order valence-electron chi connectivity index (χ4n) is 2.29. The summed E-state index contributed by atoms with van der Waals surface area (Å²) in [5, 5.41) is 0. The second kappa shape index (κ2) is 7.72. The summed E-state index contributed by atoms with van der Waals surface area (Å²) in [5.74, 6) is -0.830. The van der Waals surface area contributed by atoms with Crippen molar-refractivity contribution in [1.29, 1.82) is 0 Å². The number of nitrogen functional groups attached to an aromatic ring is 1. The Bertz CT molecular complexity index is 539. The Morgan fingerprint density at radius 1 is 1.33 bits per heavy atom. The van der Waals surface area contributed by atoms with E-state index in [1.54, 1.807) is 0 Å². The van der Waals surface area contributed by atoms with Gasteiger partial charge in [0.2, 0.25) is 10.0 Å². The summed E-state index contributed by atoms with van der Waals surface area (Å²) < 4.78 is 45.8. The Hall–Kier alpha value is -1.18. The molecule has 0 radical (unpaired) electrons. The molecular formula is C14H23FN2O3S. The topological polar surface area (TPSA) is 72.6 Å². The van der Waals surface area contributed by atoms with Crippen LogP contribution in [0.15, 0.2) is 23.1 Å². The first-order valence-electron chi connectivity index (χ1n) is 6.94. The van der Waals surface area contributed by atoms with Crippen LogP contribution in [-0.2, 0) is 14.8 Å². The van der Waals surface area contributed by atoms with Gasteiger partial charge < -0.3 is 10.5 Å². The smallest absolute Gasteiger partial charge is 0.248 e. The van der Waals surface area contributed by atoms with E-state index in [2.05, 4.69) is 0 Å². The maximum absolute atomic E-state index is 14.0. The Kier molecular flexibility index (Phi) is 6.57. The standard InChI is InChI=1S/C14H23FN2O3S/c1-4-11(5-2)17(9-10-20-3)21(18,19)14-12(15)7-6-8-13(14)16/h6-8,11H,4-5,9-10,16H2,1-3H3. The quantitative estimate of drug-likeness (QED) is 0.746. The van der Waals surface area contributed by atoms with Gasteiger partial charge in [0.15, 0.2) is 0 Å². The van der Waals surface area contributed by atoms with Crippen molar-refractivity contribution in [3.8, 4) is 0 Å². The molecule has 0 spiro atoms. The molecular weight excluding hydrogens is 295 g/mol. The lowest BCUT2D eigenvalue weighted by molar-refractivity contribution is 0.163. The molecule has 0 aliphatic rings. The summed E-state index contributed by atoms with van der Waals surface area (Å²) >= 11 is 0. The minimum absolute atomic E-state index is 0.0802. The van der Waals surface area contributed by atoms with E-state index in [-0.39, 0.29) is 24.9 Å². The van der Waals surface area contributed by atoms with Crippen LogP contribution in [0.2, 0.25) is 0 Å². The van der Waals surface area contributed by atoms with Gasteiger partial charge in [-0.3, -0.25) is 0 Å². The second-order valence-electron chi connectivity index (χ2n) is 4.74. The predicted molar refractivity (Wildman–Crippen MR) is 81.0 cm³/mol. The van der Waals surface area contributed by atoms with E-state index in [1.807, 2.05) is 13.8 Å². The number of nitrogens with zero attached hydrogens (tertiary/aromatic N) is 1. The molecule has 0 bridgehead atoms. The third-order valence-electron chi connectivity index (χ3n) is 3.43. The van der Waals surface area contributed by atoms with Crippen LogP contribution < -0.4 is 5.73 Å². The van der Waals surface area contributed by atoms with Gasteiger partial charge in [-0.05, 0) is 25.0 Å². The van der Waals surface area contributed by atoms with Crippen molar-refractivity contribution >= 4 is 15.7 Å². The van der Waals surface area contributed by atoms with Crippen LogP contribution in [0.1, 0.15) is 26.7 Å². The van der Waals surface area contributed by atoms with Crippen LogP contribution in [-0.4, -0.2) is 39.0 Å². The van der Waals surface area contributed by atoms with E-state index in [0.717, 1.165) is 6.07 Å². The maximum Gasteiger partial charge on any atom is 0.248 e. The fraction of sp³-hybridized carbons (Fsp3) is 0.571. The van der Waals surface area contributed by atoms with Gasteiger partial charge in [-0.2, -0.15) is 4.31 Å². The minimum Gasteiger partial charge on any atom is -0.398 e. The molecule has 0 aliphatic carbocycles. The molecule has 0 atom stereocenters. The SMILES string of the molecule is CCC(CC)N(CCOC)S(=O)(=O)c1c(N)cccc1F. The van der Waals surface area contributed by atoms with Crippen molar-refractivity contribution in [3.05, 3.63) is 24.0 Å². The first kappa shape index (κ1) is 17.9. The van der Waals surface area contributed by atoms with E-state index in [9.17, 15) is 12.8 Å². The van der Waals surface area contributed by atoms with Crippen molar-refractivity contribution < 1.29 is 17.5 Å². The molecule has 1 rings (SSSR count). The van der Waals surface area contributed by atoms with Crippen LogP contribution >= 0.6 is 0 Å². The first-order chi connectivity index (χ1) is 9.89. The number of methoxy groups -OCH3 is 1. The number of hydrogen-bond donors (Lipinski definition) is 1. The fourth-order valence-corrected chi connectivity index (χ4v) is 4.21. The van der Waals surface area contributed by atoms with Crippen molar-refractivity contribution in [2.45, 2.75) is 37.6 Å². The Labute approximate surface area is 125 Å². The number of nitrogens with two attached hydrogens (primary N) is 1. The predicted octanol–water partition coefficient (Wildman–Crippen LogP) is 2.23. The molecule has 0 unspecified atom stereocenters. The van der Waals surface area contributed by atoms with Crippen LogP contribution in [0.5, 0.6) is 0 Å². The lowest BCUT2D eigenvalue weighted by Gasteiger charge is -2.29. The van der Waals surface area contributed by atoms with Gasteiger partial charge in [-0.25, -0.2) is 12.8 Å². The normalized spacial score (nSPS) is 12.3. The van der Waals surface area contributed by atoms with Gasteiger partial charge in [-0.15, -0.1) is 0 Å². The summed E-state index contributed by atoms with van der Waals surface area (Å²) in [7, 11) is -2.51. The van der Waals surface area contributed by atoms with Gasteiger partial charge in [0.05, 0.1) is 12.3 Å². The average Bonchev–Trinajstić information content (AvgIpc) is 2.42. The van der Waals surface area contributed by atoms with E-state index in [1.165, 1.54) is 23.5 Å². The van der Waals surface area contributed by atoms with Crippen LogP contribution in [0, 0.1) is 5.82 Å². The summed E-state index contributed by atoms with van der Waals surface area (Å²) in [4.78, 5) is -0.451. The summed E-state index contributed by atoms with van der Waals surface area (Å²) in [6.45, 7) is 4.20. The zero-order chi connectivity index (χ0) is 16.0. The van der Waals surface area contributed by atoms with Gasteiger partial charge in [-0.1, -0.05) is 19.9 Å². The molecule has 0 aromatic heterocycles. The third-order valence-corrected chi connectivity index (χ3v) is 5.47. The van der Waals surface area contributed by atoms with Crippen molar-refractivity contribution in [2.24, 2.45) is 0 Å². The number of ether oxygens (including phenoxy) is 1. The monoisotopic (exact) mass is 318 g/mol. The lowest BCUT2D eigenvalue weighted by Crippen LogP contribution is -2.42. The summed E-state index contributed by atoms with van der Waals surface area (Å²) in [6.07, 6.45) is 1.27. The highest BCUT2D eigenvalue weighted by molar-refractivity contribution is 7.89. The zero-order valence-corrected chi connectivity index (χ0v) is 13.5. The molecule has 0 fully saturated rings. The molecule has 1 aromatic carbocycles. The van der Waals surface area contributed by atoms with E-state index in [0.29, 0.717) is 12.8 Å². The second-order valence-corrected chi connectivity index (χ2v) is 6.56. The average molecular weight is 318 g/mol. The molecule has 0 saturated carbocycles. The number of hydrogen-bond acceptors (Lipinski definition) is 4. The lowest BCUT2D eigenvalue weighted by atomic mass is 10.2. The van der Waals surface area contributed by atoms with Crippen LogP contribution in [0.25, 0.3) is 0 Å². The van der Waals surface area contributed by atoms with Gasteiger partial charge in [0.1, 0.15) is 10.7 Å². The number of benzene rings is 1. The van der Waals surface area contributed by atoms with Crippen molar-refractivity contribution in [3.63, 3.8) is 0 Å². The van der Waals surface area contributed by atoms with Crippen molar-refractivity contribution in [1.82, 2.24) is 4.31 Å². The highest BCUT2D eigenvalue weighted by Gasteiger charge is 2.33. The Morgan fingerprint density at radius 3 is 2.43 bits per heavy atom. The molecule has 0 heterocycles. The van der Waals surface area contributed by atoms with Crippen LogP contribution in [0.3, 0.4) is 0 Å². The van der Waals surface area contributed by atoms with E-state index >= 15 is 0 Å². The molecule has 0 aliphatic heterocycles. The summed E-state index contributed by atoms with van der Waals surface area (Å²) in [6, 6.07) is 3.66. The minimum atomic E-state index is -4.00. The third kappa shape index (κ3) is 3.93.